The van der Waals surface area contributed by atoms with Gasteiger partial charge < -0.3 is 19.3 Å². The molecule has 1 saturated heterocycles. The fourth-order valence-electron chi connectivity index (χ4n) is 4.45. The minimum atomic E-state index is -1.17. The standard InChI is InChI=1S/C29H23F2N3O6S2/c1-38-20-12-17(13-21(39-2)26(20)40-3)23-22(24(35)16-6-10-19(31)11-7-16)25(36)27(37)34(23)28-32-33-29(42-28)41-14-15-4-8-18(30)9-5-15/h4-13,23,35H,14H2,1-3H3/b24-22-. The number of aliphatic hydroxyl groups excluding tert-OH is 1. The normalized spacial score (nSPS) is 16.1. The summed E-state index contributed by atoms with van der Waals surface area (Å²) >= 11 is 2.40. The lowest BCUT2D eigenvalue weighted by atomic mass is 9.94. The summed E-state index contributed by atoms with van der Waals surface area (Å²) in [4.78, 5) is 28.2. The van der Waals surface area contributed by atoms with Crippen LogP contribution in [0.25, 0.3) is 5.76 Å². The molecule has 4 aromatic rings. The molecule has 2 heterocycles. The molecule has 1 aromatic heterocycles. The Morgan fingerprint density at radius 3 is 2.10 bits per heavy atom. The molecule has 216 valence electrons. The Bertz CT molecular complexity index is 1650. The van der Waals surface area contributed by atoms with Crippen LogP contribution in [0.4, 0.5) is 13.9 Å². The molecule has 1 fully saturated rings. The molecule has 0 bridgehead atoms. The number of amides is 1. The van der Waals surface area contributed by atoms with Gasteiger partial charge in [-0.05, 0) is 59.7 Å². The molecule has 1 unspecified atom stereocenters. The van der Waals surface area contributed by atoms with Gasteiger partial charge >= 0.3 is 5.91 Å². The number of hydrogen-bond donors (Lipinski definition) is 1. The van der Waals surface area contributed by atoms with E-state index in [1.807, 2.05) is 0 Å². The Kier molecular flexibility index (Phi) is 8.41. The molecule has 9 nitrogen and oxygen atoms in total. The van der Waals surface area contributed by atoms with Crippen LogP contribution in [-0.2, 0) is 15.3 Å². The molecule has 1 N–H and O–H groups in total. The molecule has 1 aliphatic rings. The Hall–Kier alpha value is -4.49. The smallest absolute Gasteiger partial charge is 0.301 e. The summed E-state index contributed by atoms with van der Waals surface area (Å²) in [7, 11) is 4.28. The van der Waals surface area contributed by atoms with Gasteiger partial charge in [-0.25, -0.2) is 8.78 Å². The number of ketones is 1. The molecule has 1 amide bonds. The lowest BCUT2D eigenvalue weighted by Crippen LogP contribution is -2.29. The van der Waals surface area contributed by atoms with Crippen LogP contribution < -0.4 is 19.1 Å². The van der Waals surface area contributed by atoms with Gasteiger partial charge in [0.25, 0.3) is 5.78 Å². The molecule has 13 heteroatoms. The number of halogens is 2. The molecule has 0 spiro atoms. The summed E-state index contributed by atoms with van der Waals surface area (Å²) < 4.78 is 43.8. The average molecular weight is 612 g/mol. The van der Waals surface area contributed by atoms with Crippen molar-refractivity contribution < 1.29 is 37.7 Å². The highest BCUT2D eigenvalue weighted by molar-refractivity contribution is 8.00. The lowest BCUT2D eigenvalue weighted by Gasteiger charge is -2.24. The van der Waals surface area contributed by atoms with Gasteiger partial charge in [-0.2, -0.15) is 0 Å². The molecule has 0 radical (unpaired) electrons. The quantitative estimate of drug-likeness (QED) is 0.0830. The van der Waals surface area contributed by atoms with E-state index >= 15 is 0 Å². The molecule has 3 aromatic carbocycles. The predicted molar refractivity (Wildman–Crippen MR) is 153 cm³/mol. The molecular weight excluding hydrogens is 588 g/mol. The number of rotatable bonds is 9. The van der Waals surface area contributed by atoms with Crippen LogP contribution in [0.15, 0.2) is 70.6 Å². The van der Waals surface area contributed by atoms with Gasteiger partial charge in [0, 0.05) is 11.3 Å². The highest BCUT2D eigenvalue weighted by Crippen LogP contribution is 2.48. The van der Waals surface area contributed by atoms with E-state index in [0.717, 1.165) is 33.9 Å². The predicted octanol–water partition coefficient (Wildman–Crippen LogP) is 5.76. The number of Topliss-reactive ketones (excluding diaryl/α,β-unsaturated/α-hetero) is 1. The van der Waals surface area contributed by atoms with Gasteiger partial charge in [-0.15, -0.1) is 10.2 Å². The molecule has 5 rings (SSSR count). The van der Waals surface area contributed by atoms with Crippen molar-refractivity contribution in [2.75, 3.05) is 26.2 Å². The number of hydrogen-bond acceptors (Lipinski definition) is 10. The van der Waals surface area contributed by atoms with E-state index in [1.54, 1.807) is 24.3 Å². The second-order valence-electron chi connectivity index (χ2n) is 8.90. The van der Waals surface area contributed by atoms with Crippen LogP contribution in [0.1, 0.15) is 22.7 Å². The van der Waals surface area contributed by atoms with E-state index in [0.29, 0.717) is 15.7 Å². The van der Waals surface area contributed by atoms with Crippen LogP contribution in [-0.4, -0.2) is 48.3 Å². The van der Waals surface area contributed by atoms with Crippen LogP contribution in [0.2, 0.25) is 0 Å². The van der Waals surface area contributed by atoms with Gasteiger partial charge in [0.15, 0.2) is 15.8 Å². The van der Waals surface area contributed by atoms with Crippen LogP contribution in [0, 0.1) is 11.6 Å². The first-order valence-electron chi connectivity index (χ1n) is 12.3. The third kappa shape index (κ3) is 5.52. The van der Waals surface area contributed by atoms with Gasteiger partial charge in [0.05, 0.1) is 32.9 Å². The van der Waals surface area contributed by atoms with E-state index in [4.69, 9.17) is 14.2 Å². The van der Waals surface area contributed by atoms with Gasteiger partial charge in [-0.1, -0.05) is 35.2 Å². The molecule has 1 aliphatic heterocycles. The second-order valence-corrected chi connectivity index (χ2v) is 11.1. The topological polar surface area (TPSA) is 111 Å². The Balaban J connectivity index is 1.61. The Morgan fingerprint density at radius 2 is 1.52 bits per heavy atom. The lowest BCUT2D eigenvalue weighted by molar-refractivity contribution is -0.132. The van der Waals surface area contributed by atoms with E-state index < -0.39 is 29.3 Å². The highest BCUT2D eigenvalue weighted by atomic mass is 32.2. The van der Waals surface area contributed by atoms with E-state index in [9.17, 15) is 23.5 Å². The fraction of sp³-hybridized carbons (Fsp3) is 0.172. The van der Waals surface area contributed by atoms with Crippen molar-refractivity contribution in [2.24, 2.45) is 0 Å². The van der Waals surface area contributed by atoms with Crippen LogP contribution in [0.3, 0.4) is 0 Å². The number of methoxy groups -OCH3 is 3. The van der Waals surface area contributed by atoms with Crippen molar-refractivity contribution in [3.8, 4) is 17.2 Å². The molecule has 42 heavy (non-hydrogen) atoms. The summed E-state index contributed by atoms with van der Waals surface area (Å²) in [6, 6.07) is 12.9. The maximum Gasteiger partial charge on any atom is 0.301 e. The van der Waals surface area contributed by atoms with Crippen molar-refractivity contribution in [3.05, 3.63) is 94.6 Å². The first-order chi connectivity index (χ1) is 20.2. The molecule has 0 aliphatic carbocycles. The second kappa shape index (κ2) is 12.2. The number of carbonyl (C=O) groups is 2. The number of benzene rings is 3. The number of aliphatic hydroxyl groups is 1. The number of anilines is 1. The van der Waals surface area contributed by atoms with Crippen molar-refractivity contribution in [1.29, 1.82) is 0 Å². The summed E-state index contributed by atoms with van der Waals surface area (Å²) in [5.41, 5.74) is 1.11. The average Bonchev–Trinajstić information content (AvgIpc) is 3.57. The zero-order chi connectivity index (χ0) is 30.0. The van der Waals surface area contributed by atoms with Crippen LogP contribution in [0.5, 0.6) is 17.2 Å². The number of thioether (sulfide) groups is 1. The van der Waals surface area contributed by atoms with Crippen molar-refractivity contribution in [3.63, 3.8) is 0 Å². The van der Waals surface area contributed by atoms with Gasteiger partial charge in [0.2, 0.25) is 10.9 Å². The summed E-state index contributed by atoms with van der Waals surface area (Å²) in [6.45, 7) is 0. The number of carbonyl (C=O) groups excluding carboxylic acids is 2. The van der Waals surface area contributed by atoms with Crippen LogP contribution >= 0.6 is 23.1 Å². The van der Waals surface area contributed by atoms with Crippen molar-refractivity contribution in [2.45, 2.75) is 16.1 Å². The monoisotopic (exact) mass is 611 g/mol. The summed E-state index contributed by atoms with van der Waals surface area (Å²) in [5.74, 6) is -2.01. The number of ether oxygens (including phenoxy) is 3. The zero-order valence-corrected chi connectivity index (χ0v) is 24.1. The Morgan fingerprint density at radius 1 is 0.929 bits per heavy atom. The first kappa shape index (κ1) is 29.0. The van der Waals surface area contributed by atoms with E-state index in [2.05, 4.69) is 10.2 Å². The van der Waals surface area contributed by atoms with E-state index in [1.165, 1.54) is 57.4 Å². The third-order valence-corrected chi connectivity index (χ3v) is 8.57. The highest BCUT2D eigenvalue weighted by Gasteiger charge is 2.49. The first-order valence-corrected chi connectivity index (χ1v) is 14.1. The SMILES string of the molecule is COc1cc(C2/C(=C(/O)c3ccc(F)cc3)C(=O)C(=O)N2c2nnc(SCc3ccc(F)cc3)s2)cc(OC)c1OC. The summed E-state index contributed by atoms with van der Waals surface area (Å²) in [6.07, 6.45) is 0. The third-order valence-electron chi connectivity index (χ3n) is 6.44. The zero-order valence-electron chi connectivity index (χ0n) is 22.5. The van der Waals surface area contributed by atoms with Crippen molar-refractivity contribution >= 4 is 45.7 Å². The fourth-order valence-corrected chi connectivity index (χ4v) is 6.28. The van der Waals surface area contributed by atoms with Crippen molar-refractivity contribution in [1.82, 2.24) is 10.2 Å². The maximum absolute atomic E-state index is 13.6. The number of aromatic nitrogens is 2. The largest absolute Gasteiger partial charge is 0.507 e. The van der Waals surface area contributed by atoms with Gasteiger partial charge in [0.1, 0.15) is 17.4 Å². The maximum atomic E-state index is 13.6. The molecular formula is C29H23F2N3O6S2. The molecule has 0 saturated carbocycles. The Labute approximate surface area is 247 Å². The summed E-state index contributed by atoms with van der Waals surface area (Å²) in [5, 5.41) is 19.8. The van der Waals surface area contributed by atoms with E-state index in [-0.39, 0.29) is 39.3 Å². The molecule has 1 atom stereocenters. The minimum Gasteiger partial charge on any atom is -0.507 e. The number of nitrogens with zero attached hydrogens (tertiary/aromatic N) is 3. The minimum absolute atomic E-state index is 0.107. The van der Waals surface area contributed by atoms with Gasteiger partial charge in [-0.3, -0.25) is 14.5 Å².